The topological polar surface area (TPSA) is 74.5 Å². The SMILES string of the molecule is C[C@@H](C(=O)NC1CC1)N1CCN(Cc2nnc(-c3ccccc3Cl)o2)CC1. The van der Waals surface area contributed by atoms with Gasteiger partial charge in [-0.25, -0.2) is 0 Å². The van der Waals surface area contributed by atoms with Gasteiger partial charge in [0.25, 0.3) is 0 Å². The van der Waals surface area contributed by atoms with Gasteiger partial charge in [-0.15, -0.1) is 10.2 Å². The van der Waals surface area contributed by atoms with Crippen LogP contribution in [0.4, 0.5) is 0 Å². The van der Waals surface area contributed by atoms with E-state index in [1.54, 1.807) is 6.07 Å². The molecule has 1 aromatic heterocycles. The van der Waals surface area contributed by atoms with Gasteiger partial charge in [0.2, 0.25) is 17.7 Å². The number of halogens is 1. The second-order valence-electron chi connectivity index (χ2n) is 7.25. The minimum absolute atomic E-state index is 0.0806. The summed E-state index contributed by atoms with van der Waals surface area (Å²) >= 11 is 6.19. The fraction of sp³-hybridized carbons (Fsp3) is 0.526. The molecular formula is C19H24ClN5O2. The van der Waals surface area contributed by atoms with Crippen molar-refractivity contribution in [1.29, 1.82) is 0 Å². The monoisotopic (exact) mass is 389 g/mol. The van der Waals surface area contributed by atoms with E-state index in [1.165, 1.54) is 0 Å². The lowest BCUT2D eigenvalue weighted by molar-refractivity contribution is -0.126. The molecule has 1 saturated carbocycles. The molecule has 1 aliphatic carbocycles. The molecule has 0 unspecified atom stereocenters. The Morgan fingerprint density at radius 2 is 2.00 bits per heavy atom. The van der Waals surface area contributed by atoms with Crippen molar-refractivity contribution >= 4 is 17.5 Å². The molecule has 4 rings (SSSR count). The first-order chi connectivity index (χ1) is 13.1. The van der Waals surface area contributed by atoms with E-state index in [-0.39, 0.29) is 11.9 Å². The predicted octanol–water partition coefficient (Wildman–Crippen LogP) is 2.17. The first kappa shape index (κ1) is 18.4. The lowest BCUT2D eigenvalue weighted by Crippen LogP contribution is -2.53. The maximum absolute atomic E-state index is 12.2. The van der Waals surface area contributed by atoms with Gasteiger partial charge in [-0.1, -0.05) is 23.7 Å². The Morgan fingerprint density at radius 1 is 1.26 bits per heavy atom. The summed E-state index contributed by atoms with van der Waals surface area (Å²) in [4.78, 5) is 16.7. The standard InChI is InChI=1S/C19H24ClN5O2/c1-13(18(26)21-14-6-7-14)25-10-8-24(9-11-25)12-17-22-23-19(27-17)15-4-2-3-5-16(15)20/h2-5,13-14H,6-12H2,1H3,(H,21,26)/t13-/m0/s1. The second-order valence-corrected chi connectivity index (χ2v) is 7.66. The highest BCUT2D eigenvalue weighted by Crippen LogP contribution is 2.26. The van der Waals surface area contributed by atoms with Gasteiger partial charge in [-0.05, 0) is 31.9 Å². The van der Waals surface area contributed by atoms with Crippen molar-refractivity contribution in [2.24, 2.45) is 0 Å². The average molecular weight is 390 g/mol. The molecule has 2 fully saturated rings. The van der Waals surface area contributed by atoms with Crippen LogP contribution in [0.3, 0.4) is 0 Å². The summed E-state index contributed by atoms with van der Waals surface area (Å²) in [5.41, 5.74) is 0.748. The fourth-order valence-corrected chi connectivity index (χ4v) is 3.49. The first-order valence-corrected chi connectivity index (χ1v) is 9.82. The number of rotatable bonds is 6. The number of nitrogens with one attached hydrogen (secondary N) is 1. The van der Waals surface area contributed by atoms with E-state index >= 15 is 0 Å². The number of hydrogen-bond donors (Lipinski definition) is 1. The maximum atomic E-state index is 12.2. The number of carbonyl (C=O) groups is 1. The molecule has 1 N–H and O–H groups in total. The van der Waals surface area contributed by atoms with Crippen molar-refractivity contribution in [2.45, 2.75) is 38.4 Å². The molecule has 0 spiro atoms. The van der Waals surface area contributed by atoms with E-state index < -0.39 is 0 Å². The summed E-state index contributed by atoms with van der Waals surface area (Å²) in [7, 11) is 0. The number of piperazine rings is 1. The summed E-state index contributed by atoms with van der Waals surface area (Å²) in [6.45, 7) is 6.03. The van der Waals surface area contributed by atoms with Crippen molar-refractivity contribution in [3.63, 3.8) is 0 Å². The zero-order chi connectivity index (χ0) is 18.8. The fourth-order valence-electron chi connectivity index (χ4n) is 3.28. The van der Waals surface area contributed by atoms with Crippen LogP contribution in [-0.2, 0) is 11.3 Å². The van der Waals surface area contributed by atoms with Gasteiger partial charge in [0, 0.05) is 32.2 Å². The molecule has 1 amide bonds. The van der Waals surface area contributed by atoms with Gasteiger partial charge in [0.05, 0.1) is 23.2 Å². The van der Waals surface area contributed by atoms with Crippen LogP contribution in [0.5, 0.6) is 0 Å². The quantitative estimate of drug-likeness (QED) is 0.816. The number of amides is 1. The highest BCUT2D eigenvalue weighted by molar-refractivity contribution is 6.33. The van der Waals surface area contributed by atoms with Crippen LogP contribution in [0.2, 0.25) is 5.02 Å². The molecule has 0 bridgehead atoms. The van der Waals surface area contributed by atoms with Crippen molar-refractivity contribution < 1.29 is 9.21 Å². The average Bonchev–Trinajstić information content (AvgIpc) is 3.38. The first-order valence-electron chi connectivity index (χ1n) is 9.44. The Kier molecular flexibility index (Phi) is 5.43. The van der Waals surface area contributed by atoms with Crippen LogP contribution in [0.15, 0.2) is 28.7 Å². The summed E-state index contributed by atoms with van der Waals surface area (Å²) in [6.07, 6.45) is 2.24. The minimum Gasteiger partial charge on any atom is -0.419 e. The number of carbonyl (C=O) groups excluding carboxylic acids is 1. The summed E-state index contributed by atoms with van der Waals surface area (Å²) < 4.78 is 5.79. The van der Waals surface area contributed by atoms with Crippen LogP contribution in [0.25, 0.3) is 11.5 Å². The Labute approximate surface area is 163 Å². The lowest BCUT2D eigenvalue weighted by Gasteiger charge is -2.36. The molecular weight excluding hydrogens is 366 g/mol. The van der Waals surface area contributed by atoms with Gasteiger partial charge < -0.3 is 9.73 Å². The van der Waals surface area contributed by atoms with Crippen molar-refractivity contribution in [2.75, 3.05) is 26.2 Å². The smallest absolute Gasteiger partial charge is 0.249 e. The third-order valence-corrected chi connectivity index (χ3v) is 5.52. The minimum atomic E-state index is -0.0806. The van der Waals surface area contributed by atoms with E-state index in [2.05, 4.69) is 25.3 Å². The van der Waals surface area contributed by atoms with Gasteiger partial charge in [-0.2, -0.15) is 0 Å². The third kappa shape index (κ3) is 4.48. The Bertz CT molecular complexity index is 799. The van der Waals surface area contributed by atoms with E-state index in [4.69, 9.17) is 16.0 Å². The third-order valence-electron chi connectivity index (χ3n) is 5.19. The van der Waals surface area contributed by atoms with Crippen LogP contribution < -0.4 is 5.32 Å². The van der Waals surface area contributed by atoms with Crippen LogP contribution >= 0.6 is 11.6 Å². The number of nitrogens with zero attached hydrogens (tertiary/aromatic N) is 4. The molecule has 2 aromatic rings. The largest absolute Gasteiger partial charge is 0.419 e. The molecule has 2 heterocycles. The van der Waals surface area contributed by atoms with Crippen molar-refractivity contribution in [3.05, 3.63) is 35.2 Å². The normalized spacial score (nSPS) is 19.8. The van der Waals surface area contributed by atoms with E-state index in [1.807, 2.05) is 25.1 Å². The molecule has 2 aliphatic rings. The van der Waals surface area contributed by atoms with Crippen LogP contribution in [0, 0.1) is 0 Å². The Hall–Kier alpha value is -1.96. The van der Waals surface area contributed by atoms with Gasteiger partial charge in [0.15, 0.2) is 0 Å². The van der Waals surface area contributed by atoms with Gasteiger partial charge in [0.1, 0.15) is 0 Å². The van der Waals surface area contributed by atoms with Crippen molar-refractivity contribution in [3.8, 4) is 11.5 Å². The molecule has 8 heteroatoms. The molecule has 27 heavy (non-hydrogen) atoms. The molecule has 1 saturated heterocycles. The zero-order valence-electron chi connectivity index (χ0n) is 15.4. The zero-order valence-corrected chi connectivity index (χ0v) is 16.2. The summed E-state index contributed by atoms with van der Waals surface area (Å²) in [5.74, 6) is 1.17. The Balaban J connectivity index is 1.29. The molecule has 1 atom stereocenters. The number of hydrogen-bond acceptors (Lipinski definition) is 6. The molecule has 0 radical (unpaired) electrons. The Morgan fingerprint density at radius 3 is 2.70 bits per heavy atom. The highest BCUT2D eigenvalue weighted by Gasteiger charge is 2.30. The summed E-state index contributed by atoms with van der Waals surface area (Å²) in [6, 6.07) is 7.76. The van der Waals surface area contributed by atoms with Crippen LogP contribution in [0.1, 0.15) is 25.7 Å². The number of benzene rings is 1. The van der Waals surface area contributed by atoms with Crippen molar-refractivity contribution in [1.82, 2.24) is 25.3 Å². The predicted molar refractivity (Wildman–Crippen MR) is 102 cm³/mol. The molecule has 7 nitrogen and oxygen atoms in total. The number of aromatic nitrogens is 2. The van der Waals surface area contributed by atoms with E-state index in [0.717, 1.165) is 44.6 Å². The van der Waals surface area contributed by atoms with E-state index in [9.17, 15) is 4.79 Å². The maximum Gasteiger partial charge on any atom is 0.249 e. The van der Waals surface area contributed by atoms with Gasteiger partial charge >= 0.3 is 0 Å². The molecule has 144 valence electrons. The summed E-state index contributed by atoms with van der Waals surface area (Å²) in [5, 5.41) is 12.0. The van der Waals surface area contributed by atoms with E-state index in [0.29, 0.717) is 29.4 Å². The van der Waals surface area contributed by atoms with Gasteiger partial charge in [-0.3, -0.25) is 14.6 Å². The molecule has 1 aromatic carbocycles. The van der Waals surface area contributed by atoms with Crippen LogP contribution in [-0.4, -0.2) is 64.2 Å². The second kappa shape index (κ2) is 7.96. The highest BCUT2D eigenvalue weighted by atomic mass is 35.5. The lowest BCUT2D eigenvalue weighted by atomic mass is 10.2. The molecule has 1 aliphatic heterocycles.